The van der Waals surface area contributed by atoms with Crippen LogP contribution in [0.25, 0.3) is 22.1 Å². The molecule has 3 nitrogen and oxygen atoms in total. The van der Waals surface area contributed by atoms with Crippen LogP contribution in [0.3, 0.4) is 0 Å². The molecule has 0 unspecified atom stereocenters. The largest absolute Gasteiger partial charge is 0.436 e. The van der Waals surface area contributed by atoms with E-state index in [9.17, 15) is 0 Å². The molecule has 0 saturated heterocycles. The van der Waals surface area contributed by atoms with Crippen LogP contribution in [0.5, 0.6) is 0 Å². The average Bonchev–Trinajstić information content (AvgIpc) is 2.56. The summed E-state index contributed by atoms with van der Waals surface area (Å²) in [6, 6.07) is 5.60. The zero-order valence-corrected chi connectivity index (χ0v) is 7.82. The van der Waals surface area contributed by atoms with E-state index in [0.29, 0.717) is 16.4 Å². The number of hydrogen-bond donors (Lipinski definition) is 0. The smallest absolute Gasteiger partial charge is 0.227 e. The molecule has 0 spiro atoms. The van der Waals surface area contributed by atoms with Crippen molar-refractivity contribution < 1.29 is 4.42 Å². The third-order valence-corrected chi connectivity index (χ3v) is 2.31. The first kappa shape index (κ1) is 7.76. The molecule has 3 aromatic heterocycles. The minimum atomic E-state index is 0.462. The Morgan fingerprint density at radius 1 is 1.21 bits per heavy atom. The number of furan rings is 1. The summed E-state index contributed by atoms with van der Waals surface area (Å²) in [6.07, 6.45) is 3.30. The SMILES string of the molecule is Clc1cc2c(cn1)oc1ncccc12. The lowest BCUT2D eigenvalue weighted by molar-refractivity contribution is 0.652. The Labute approximate surface area is 84.3 Å². The highest BCUT2D eigenvalue weighted by atomic mass is 35.5. The Kier molecular flexibility index (Phi) is 1.49. The fourth-order valence-corrected chi connectivity index (χ4v) is 1.65. The van der Waals surface area contributed by atoms with Crippen LogP contribution in [0.15, 0.2) is 35.0 Å². The Morgan fingerprint density at radius 2 is 2.14 bits per heavy atom. The predicted octanol–water partition coefficient (Wildman–Crippen LogP) is 3.03. The molecule has 0 fully saturated rings. The van der Waals surface area contributed by atoms with Gasteiger partial charge < -0.3 is 4.42 Å². The first-order chi connectivity index (χ1) is 6.84. The number of nitrogens with zero attached hydrogens (tertiary/aromatic N) is 2. The van der Waals surface area contributed by atoms with E-state index in [4.69, 9.17) is 16.0 Å². The molecule has 3 heterocycles. The van der Waals surface area contributed by atoms with E-state index in [2.05, 4.69) is 9.97 Å². The molecule has 0 saturated carbocycles. The van der Waals surface area contributed by atoms with E-state index in [1.807, 2.05) is 12.1 Å². The Morgan fingerprint density at radius 3 is 3.07 bits per heavy atom. The van der Waals surface area contributed by atoms with Crippen molar-refractivity contribution in [3.63, 3.8) is 0 Å². The van der Waals surface area contributed by atoms with Crippen LogP contribution in [0.4, 0.5) is 0 Å². The zero-order valence-electron chi connectivity index (χ0n) is 7.07. The second kappa shape index (κ2) is 2.69. The van der Waals surface area contributed by atoms with Crippen molar-refractivity contribution >= 4 is 33.7 Å². The van der Waals surface area contributed by atoms with Gasteiger partial charge in [0.15, 0.2) is 5.58 Å². The summed E-state index contributed by atoms with van der Waals surface area (Å²) in [5.41, 5.74) is 1.33. The molecule has 0 amide bonds. The van der Waals surface area contributed by atoms with Gasteiger partial charge in [0.1, 0.15) is 5.15 Å². The number of pyridine rings is 2. The monoisotopic (exact) mass is 204 g/mol. The number of rotatable bonds is 0. The molecule has 68 valence electrons. The number of fused-ring (bicyclic) bond motifs is 3. The van der Waals surface area contributed by atoms with Gasteiger partial charge in [-0.25, -0.2) is 9.97 Å². The lowest BCUT2D eigenvalue weighted by atomic mass is 10.2. The van der Waals surface area contributed by atoms with E-state index in [0.717, 1.165) is 10.8 Å². The van der Waals surface area contributed by atoms with Crippen LogP contribution in [0, 0.1) is 0 Å². The van der Waals surface area contributed by atoms with Crippen LogP contribution < -0.4 is 0 Å². The molecule has 4 heteroatoms. The molecule has 0 bridgehead atoms. The van der Waals surface area contributed by atoms with Gasteiger partial charge in [-0.15, -0.1) is 0 Å². The fourth-order valence-electron chi connectivity index (χ4n) is 1.49. The van der Waals surface area contributed by atoms with E-state index >= 15 is 0 Å². The molecule has 0 radical (unpaired) electrons. The predicted molar refractivity (Wildman–Crippen MR) is 54.3 cm³/mol. The first-order valence-electron chi connectivity index (χ1n) is 4.13. The van der Waals surface area contributed by atoms with Crippen LogP contribution >= 0.6 is 11.6 Å². The molecule has 3 aromatic rings. The molecule has 0 N–H and O–H groups in total. The topological polar surface area (TPSA) is 38.9 Å². The molecule has 0 atom stereocenters. The van der Waals surface area contributed by atoms with Crippen molar-refractivity contribution in [1.82, 2.24) is 9.97 Å². The summed E-state index contributed by atoms with van der Waals surface area (Å²) in [4.78, 5) is 8.06. The molecular weight excluding hydrogens is 200 g/mol. The van der Waals surface area contributed by atoms with Gasteiger partial charge in [0.05, 0.1) is 6.20 Å². The maximum Gasteiger partial charge on any atom is 0.227 e. The van der Waals surface area contributed by atoms with Crippen molar-refractivity contribution in [3.8, 4) is 0 Å². The second-order valence-corrected chi connectivity index (χ2v) is 3.35. The minimum absolute atomic E-state index is 0.462. The normalized spacial score (nSPS) is 11.2. The molecule has 3 rings (SSSR count). The lowest BCUT2D eigenvalue weighted by Gasteiger charge is -1.88. The van der Waals surface area contributed by atoms with Crippen LogP contribution in [0.2, 0.25) is 5.15 Å². The molecular formula is C10H5ClN2O. The van der Waals surface area contributed by atoms with Crippen LogP contribution in [-0.4, -0.2) is 9.97 Å². The Balaban J connectivity index is 2.58. The minimum Gasteiger partial charge on any atom is -0.436 e. The van der Waals surface area contributed by atoms with E-state index < -0.39 is 0 Å². The average molecular weight is 205 g/mol. The highest BCUT2D eigenvalue weighted by molar-refractivity contribution is 6.30. The van der Waals surface area contributed by atoms with Gasteiger partial charge in [-0.05, 0) is 18.2 Å². The maximum atomic E-state index is 5.80. The van der Waals surface area contributed by atoms with Crippen LogP contribution in [0.1, 0.15) is 0 Å². The van der Waals surface area contributed by atoms with E-state index in [1.54, 1.807) is 18.5 Å². The summed E-state index contributed by atoms with van der Waals surface area (Å²) in [6.45, 7) is 0. The fraction of sp³-hybridized carbons (Fsp3) is 0. The summed E-state index contributed by atoms with van der Waals surface area (Å²) in [5.74, 6) is 0. The van der Waals surface area contributed by atoms with Gasteiger partial charge >= 0.3 is 0 Å². The standard InChI is InChI=1S/C10H5ClN2O/c11-9-4-7-6-2-1-3-12-10(6)14-8(7)5-13-9/h1-5H. The molecule has 0 aliphatic heterocycles. The second-order valence-electron chi connectivity index (χ2n) is 2.96. The van der Waals surface area contributed by atoms with Gasteiger partial charge in [-0.3, -0.25) is 0 Å². The zero-order chi connectivity index (χ0) is 9.54. The Bertz CT molecular complexity index is 618. The summed E-state index contributed by atoms with van der Waals surface area (Å²) in [7, 11) is 0. The number of halogens is 1. The van der Waals surface area contributed by atoms with Crippen molar-refractivity contribution in [2.45, 2.75) is 0 Å². The van der Waals surface area contributed by atoms with Crippen LogP contribution in [-0.2, 0) is 0 Å². The third kappa shape index (κ3) is 0.992. The number of hydrogen-bond acceptors (Lipinski definition) is 3. The quantitative estimate of drug-likeness (QED) is 0.529. The molecule has 0 aliphatic rings. The lowest BCUT2D eigenvalue weighted by Crippen LogP contribution is -1.72. The summed E-state index contributed by atoms with van der Waals surface area (Å²) in [5, 5.41) is 2.38. The van der Waals surface area contributed by atoms with E-state index in [1.165, 1.54) is 0 Å². The van der Waals surface area contributed by atoms with E-state index in [-0.39, 0.29) is 0 Å². The molecule has 0 aliphatic carbocycles. The van der Waals surface area contributed by atoms with Crippen molar-refractivity contribution in [2.24, 2.45) is 0 Å². The maximum absolute atomic E-state index is 5.80. The molecule has 14 heavy (non-hydrogen) atoms. The van der Waals surface area contributed by atoms with Gasteiger partial charge in [-0.1, -0.05) is 11.6 Å². The Hall–Kier alpha value is -1.61. The summed E-state index contributed by atoms with van der Waals surface area (Å²) >= 11 is 5.80. The van der Waals surface area contributed by atoms with Gasteiger partial charge in [0.25, 0.3) is 0 Å². The van der Waals surface area contributed by atoms with Crippen molar-refractivity contribution in [2.75, 3.05) is 0 Å². The highest BCUT2D eigenvalue weighted by Crippen LogP contribution is 2.27. The van der Waals surface area contributed by atoms with Crippen molar-refractivity contribution in [1.29, 1.82) is 0 Å². The highest BCUT2D eigenvalue weighted by Gasteiger charge is 2.07. The molecule has 0 aromatic carbocycles. The van der Waals surface area contributed by atoms with Gasteiger partial charge in [0.2, 0.25) is 5.71 Å². The first-order valence-corrected chi connectivity index (χ1v) is 4.51. The number of aromatic nitrogens is 2. The summed E-state index contributed by atoms with van der Waals surface area (Å²) < 4.78 is 5.48. The van der Waals surface area contributed by atoms with Gasteiger partial charge in [0, 0.05) is 17.0 Å². The van der Waals surface area contributed by atoms with Crippen molar-refractivity contribution in [3.05, 3.63) is 35.7 Å². The third-order valence-electron chi connectivity index (χ3n) is 2.10. The van der Waals surface area contributed by atoms with Gasteiger partial charge in [-0.2, -0.15) is 0 Å².